The van der Waals surface area contributed by atoms with Crippen LogP contribution in [0.15, 0.2) is 36.4 Å². The summed E-state index contributed by atoms with van der Waals surface area (Å²) in [7, 11) is 1.68. The first kappa shape index (κ1) is 24.9. The van der Waals surface area contributed by atoms with Crippen LogP contribution in [0.25, 0.3) is 0 Å². The fourth-order valence-corrected chi connectivity index (χ4v) is 4.45. The van der Waals surface area contributed by atoms with Crippen LogP contribution in [0.3, 0.4) is 0 Å². The largest absolute Gasteiger partial charge is 0.573 e. The van der Waals surface area contributed by atoms with E-state index in [1.165, 1.54) is 23.3 Å². The van der Waals surface area contributed by atoms with Crippen molar-refractivity contribution in [2.75, 3.05) is 26.7 Å². The van der Waals surface area contributed by atoms with Gasteiger partial charge in [0.2, 0.25) is 0 Å². The smallest absolute Gasteiger partial charge is 0.496 e. The molecule has 1 aliphatic heterocycles. The number of halogens is 3. The predicted octanol–water partition coefficient (Wildman–Crippen LogP) is 5.41. The first-order valence-corrected chi connectivity index (χ1v) is 11.1. The van der Waals surface area contributed by atoms with Crippen molar-refractivity contribution in [3.05, 3.63) is 58.7 Å². The number of likely N-dealkylation sites (tertiary alicyclic amines) is 1. The van der Waals surface area contributed by atoms with Crippen LogP contribution in [0, 0.1) is 19.8 Å². The fraction of sp³-hybridized carbons (Fsp3) is 0.480. The second-order valence-corrected chi connectivity index (χ2v) is 8.57. The summed E-state index contributed by atoms with van der Waals surface area (Å²) in [4.78, 5) is 14.9. The maximum absolute atomic E-state index is 12.5. The zero-order chi connectivity index (χ0) is 24.2. The Hall–Kier alpha value is -2.74. The topological polar surface area (TPSA) is 50.8 Å². The van der Waals surface area contributed by atoms with Gasteiger partial charge < -0.3 is 14.8 Å². The molecular weight excluding hydrogens is 433 g/mol. The molecule has 180 valence electrons. The Morgan fingerprint density at radius 3 is 2.48 bits per heavy atom. The van der Waals surface area contributed by atoms with Crippen LogP contribution in [0.1, 0.15) is 52.9 Å². The summed E-state index contributed by atoms with van der Waals surface area (Å²) in [5, 5.41) is 2.93. The van der Waals surface area contributed by atoms with Gasteiger partial charge in [-0.3, -0.25) is 9.69 Å². The van der Waals surface area contributed by atoms with Gasteiger partial charge in [-0.25, -0.2) is 0 Å². The molecule has 0 radical (unpaired) electrons. The lowest BCUT2D eigenvalue weighted by Gasteiger charge is -2.38. The highest BCUT2D eigenvalue weighted by atomic mass is 19.4. The van der Waals surface area contributed by atoms with Crippen LogP contribution in [-0.4, -0.2) is 43.9 Å². The van der Waals surface area contributed by atoms with Crippen molar-refractivity contribution in [3.63, 3.8) is 0 Å². The maximum atomic E-state index is 12.5. The Balaban J connectivity index is 1.57. The molecule has 1 heterocycles. The highest BCUT2D eigenvalue weighted by Gasteiger charge is 2.31. The third kappa shape index (κ3) is 6.41. The molecule has 0 bridgehead atoms. The first-order valence-electron chi connectivity index (χ1n) is 11.1. The number of nitrogens with zero attached hydrogens (tertiary/aromatic N) is 1. The van der Waals surface area contributed by atoms with Crippen molar-refractivity contribution in [3.8, 4) is 11.5 Å². The molecule has 1 amide bonds. The Kier molecular flexibility index (Phi) is 7.89. The van der Waals surface area contributed by atoms with Crippen LogP contribution in [0.2, 0.25) is 0 Å². The number of hydrogen-bond acceptors (Lipinski definition) is 4. The van der Waals surface area contributed by atoms with Crippen molar-refractivity contribution in [1.82, 2.24) is 10.2 Å². The van der Waals surface area contributed by atoms with Crippen molar-refractivity contribution < 1.29 is 27.4 Å². The van der Waals surface area contributed by atoms with Crippen molar-refractivity contribution in [2.24, 2.45) is 5.92 Å². The first-order chi connectivity index (χ1) is 15.6. The molecule has 1 saturated heterocycles. The summed E-state index contributed by atoms with van der Waals surface area (Å²) >= 11 is 0. The Morgan fingerprint density at radius 1 is 1.15 bits per heavy atom. The number of ether oxygens (including phenoxy) is 2. The van der Waals surface area contributed by atoms with E-state index in [9.17, 15) is 18.0 Å². The number of amides is 1. The molecule has 0 spiro atoms. The summed E-state index contributed by atoms with van der Waals surface area (Å²) in [6, 6.07) is 9.34. The van der Waals surface area contributed by atoms with Gasteiger partial charge in [0.1, 0.15) is 11.5 Å². The molecule has 2 aromatic carbocycles. The monoisotopic (exact) mass is 464 g/mol. The third-order valence-electron chi connectivity index (χ3n) is 6.45. The summed E-state index contributed by atoms with van der Waals surface area (Å²) in [5.41, 5.74) is 3.96. The number of hydrogen-bond donors (Lipinski definition) is 1. The summed E-state index contributed by atoms with van der Waals surface area (Å²) in [6.07, 6.45) is -2.69. The number of benzene rings is 2. The molecule has 8 heteroatoms. The standard InChI is InChI=1S/C25H31F3N2O3/c1-16-17(2)23(32-4)12-11-22(16)18(3)30-13-5-6-19(15-30)14-29-24(31)20-7-9-21(10-8-20)33-25(26,27)28/h7-12,18-19H,5-6,13-15H2,1-4H3,(H,29,31). The van der Waals surface area contributed by atoms with Crippen molar-refractivity contribution in [2.45, 2.75) is 46.0 Å². The quantitative estimate of drug-likeness (QED) is 0.595. The second-order valence-electron chi connectivity index (χ2n) is 8.57. The molecule has 33 heavy (non-hydrogen) atoms. The van der Waals surface area contributed by atoms with E-state index in [4.69, 9.17) is 4.74 Å². The summed E-state index contributed by atoms with van der Waals surface area (Å²) < 4.78 is 46.1. The minimum absolute atomic E-state index is 0.245. The molecule has 0 aliphatic carbocycles. The summed E-state index contributed by atoms with van der Waals surface area (Å²) in [6.45, 7) is 8.78. The van der Waals surface area contributed by atoms with Gasteiger partial charge >= 0.3 is 6.36 Å². The van der Waals surface area contributed by atoms with E-state index in [0.717, 1.165) is 49.4 Å². The van der Waals surface area contributed by atoms with Crippen molar-refractivity contribution in [1.29, 1.82) is 0 Å². The van der Waals surface area contributed by atoms with Crippen molar-refractivity contribution >= 4 is 5.91 Å². The lowest BCUT2D eigenvalue weighted by Crippen LogP contribution is -2.42. The van der Waals surface area contributed by atoms with Gasteiger partial charge in [0, 0.05) is 24.7 Å². The minimum atomic E-state index is -4.75. The molecule has 1 aliphatic rings. The number of nitrogens with one attached hydrogen (secondary N) is 1. The number of piperidine rings is 1. The molecule has 2 aromatic rings. The number of carbonyl (C=O) groups is 1. The SMILES string of the molecule is COc1ccc(C(C)N2CCCC(CNC(=O)c3ccc(OC(F)(F)F)cc3)C2)c(C)c1C. The fourth-order valence-electron chi connectivity index (χ4n) is 4.45. The Morgan fingerprint density at radius 2 is 1.85 bits per heavy atom. The van der Waals surface area contributed by atoms with Crippen LogP contribution in [0.5, 0.6) is 11.5 Å². The van der Waals surface area contributed by atoms with Crippen LogP contribution in [-0.2, 0) is 0 Å². The van der Waals surface area contributed by atoms with Gasteiger partial charge in [0.05, 0.1) is 7.11 Å². The molecule has 3 rings (SSSR count). The normalized spacial score (nSPS) is 18.0. The highest BCUT2D eigenvalue weighted by Crippen LogP contribution is 2.32. The van der Waals surface area contributed by atoms with Crippen LogP contribution in [0.4, 0.5) is 13.2 Å². The van der Waals surface area contributed by atoms with E-state index in [2.05, 4.69) is 41.8 Å². The summed E-state index contributed by atoms with van der Waals surface area (Å²) in [5.74, 6) is 0.540. The third-order valence-corrected chi connectivity index (χ3v) is 6.45. The van der Waals surface area contributed by atoms with Gasteiger partial charge in [-0.2, -0.15) is 0 Å². The lowest BCUT2D eigenvalue weighted by molar-refractivity contribution is -0.274. The molecule has 0 saturated carbocycles. The van der Waals surface area contributed by atoms with Gasteiger partial charge in [0.15, 0.2) is 0 Å². The number of carbonyl (C=O) groups excluding carboxylic acids is 1. The zero-order valence-corrected chi connectivity index (χ0v) is 19.5. The van der Waals surface area contributed by atoms with Crippen LogP contribution >= 0.6 is 0 Å². The molecule has 1 N–H and O–H groups in total. The number of alkyl halides is 3. The number of methoxy groups -OCH3 is 1. The molecular formula is C25H31F3N2O3. The van der Waals surface area contributed by atoms with E-state index in [0.29, 0.717) is 18.0 Å². The zero-order valence-electron chi connectivity index (χ0n) is 19.5. The molecule has 2 atom stereocenters. The number of rotatable bonds is 7. The Bertz CT molecular complexity index is 961. The van der Waals surface area contributed by atoms with Crippen LogP contribution < -0.4 is 14.8 Å². The molecule has 5 nitrogen and oxygen atoms in total. The predicted molar refractivity (Wildman–Crippen MR) is 121 cm³/mol. The molecule has 2 unspecified atom stereocenters. The van der Waals surface area contributed by atoms with E-state index in [-0.39, 0.29) is 17.7 Å². The average molecular weight is 465 g/mol. The van der Waals surface area contributed by atoms with Gasteiger partial charge in [-0.05, 0) is 93.1 Å². The lowest BCUT2D eigenvalue weighted by atomic mass is 9.92. The van der Waals surface area contributed by atoms with E-state index >= 15 is 0 Å². The van der Waals surface area contributed by atoms with Gasteiger partial charge in [-0.1, -0.05) is 6.07 Å². The Labute approximate surface area is 192 Å². The van der Waals surface area contributed by atoms with Gasteiger partial charge in [-0.15, -0.1) is 13.2 Å². The molecule has 0 aromatic heterocycles. The minimum Gasteiger partial charge on any atom is -0.496 e. The van der Waals surface area contributed by atoms with E-state index < -0.39 is 6.36 Å². The van der Waals surface area contributed by atoms with E-state index in [1.54, 1.807) is 7.11 Å². The molecule has 1 fully saturated rings. The van der Waals surface area contributed by atoms with E-state index in [1.807, 2.05) is 6.07 Å². The maximum Gasteiger partial charge on any atom is 0.573 e. The average Bonchev–Trinajstić information content (AvgIpc) is 2.78. The van der Waals surface area contributed by atoms with Gasteiger partial charge in [0.25, 0.3) is 5.91 Å². The second kappa shape index (κ2) is 10.5. The highest BCUT2D eigenvalue weighted by molar-refractivity contribution is 5.94.